The molecule has 2 heterocycles. The standard InChI is InChI=1S/C14H17BrIN3O2/c1-14(2,3)21-13(20)18(4)8-10-6-17-12-11(16)5-9(15)7-19(10)12/h5-7H,8H2,1-4H3. The largest absolute Gasteiger partial charge is 0.444 e. The van der Waals surface area contributed by atoms with Crippen LogP contribution in [0, 0.1) is 3.57 Å². The van der Waals surface area contributed by atoms with E-state index in [1.165, 1.54) is 0 Å². The van der Waals surface area contributed by atoms with Crippen LogP contribution in [0.15, 0.2) is 22.9 Å². The Morgan fingerprint density at radius 1 is 1.52 bits per heavy atom. The third-order valence-corrected chi connectivity index (χ3v) is 3.94. The molecule has 0 radical (unpaired) electrons. The number of carbonyl (C=O) groups excluding carboxylic acids is 1. The number of pyridine rings is 1. The van der Waals surface area contributed by atoms with E-state index in [4.69, 9.17) is 4.74 Å². The minimum Gasteiger partial charge on any atom is -0.444 e. The van der Waals surface area contributed by atoms with E-state index in [0.29, 0.717) is 6.54 Å². The Labute approximate surface area is 145 Å². The SMILES string of the molecule is CN(Cc1cnc2c(I)cc(Br)cn12)C(=O)OC(C)(C)C. The van der Waals surface area contributed by atoms with Crippen molar-refractivity contribution in [3.8, 4) is 0 Å². The van der Waals surface area contributed by atoms with Crippen LogP contribution in [0.1, 0.15) is 26.5 Å². The van der Waals surface area contributed by atoms with Crippen LogP contribution in [-0.4, -0.2) is 33.0 Å². The molecule has 1 amide bonds. The summed E-state index contributed by atoms with van der Waals surface area (Å²) in [7, 11) is 1.72. The molecule has 0 aromatic carbocycles. The molecule has 5 nitrogen and oxygen atoms in total. The number of hydrogen-bond donors (Lipinski definition) is 0. The molecule has 0 unspecified atom stereocenters. The molecule has 0 aliphatic rings. The number of rotatable bonds is 2. The molecule has 0 aliphatic heterocycles. The molecule has 2 aromatic rings. The molecule has 0 N–H and O–H groups in total. The Balaban J connectivity index is 2.22. The van der Waals surface area contributed by atoms with E-state index in [2.05, 4.69) is 43.5 Å². The summed E-state index contributed by atoms with van der Waals surface area (Å²) in [5.74, 6) is 0. The lowest BCUT2D eigenvalue weighted by Crippen LogP contribution is -2.34. The first kappa shape index (κ1) is 16.5. The molecule has 0 spiro atoms. The monoisotopic (exact) mass is 465 g/mol. The molecule has 21 heavy (non-hydrogen) atoms. The van der Waals surface area contributed by atoms with Crippen molar-refractivity contribution in [1.29, 1.82) is 0 Å². The van der Waals surface area contributed by atoms with Gasteiger partial charge in [0.1, 0.15) is 5.60 Å². The number of carbonyl (C=O) groups is 1. The Morgan fingerprint density at radius 3 is 2.81 bits per heavy atom. The van der Waals surface area contributed by atoms with Gasteiger partial charge < -0.3 is 14.0 Å². The number of halogens is 2. The number of imidazole rings is 1. The summed E-state index contributed by atoms with van der Waals surface area (Å²) < 4.78 is 9.35. The molecule has 0 saturated heterocycles. The second-order valence-corrected chi connectivity index (χ2v) is 7.86. The van der Waals surface area contributed by atoms with Gasteiger partial charge in [-0.25, -0.2) is 9.78 Å². The first-order valence-electron chi connectivity index (χ1n) is 6.42. The lowest BCUT2D eigenvalue weighted by molar-refractivity contribution is 0.0283. The Morgan fingerprint density at radius 2 is 2.19 bits per heavy atom. The van der Waals surface area contributed by atoms with Gasteiger partial charge in [-0.1, -0.05) is 0 Å². The van der Waals surface area contributed by atoms with Crippen molar-refractivity contribution in [1.82, 2.24) is 14.3 Å². The van der Waals surface area contributed by atoms with Crippen LogP contribution in [0.3, 0.4) is 0 Å². The van der Waals surface area contributed by atoms with E-state index in [-0.39, 0.29) is 6.09 Å². The quantitative estimate of drug-likeness (QED) is 0.628. The van der Waals surface area contributed by atoms with Gasteiger partial charge >= 0.3 is 6.09 Å². The Kier molecular flexibility index (Phi) is 4.82. The van der Waals surface area contributed by atoms with Crippen LogP contribution in [0.4, 0.5) is 4.79 Å². The normalized spacial score (nSPS) is 11.7. The van der Waals surface area contributed by atoms with E-state index >= 15 is 0 Å². The van der Waals surface area contributed by atoms with Crippen LogP contribution >= 0.6 is 38.5 Å². The van der Waals surface area contributed by atoms with Gasteiger partial charge in [-0.05, 0) is 65.4 Å². The molecule has 114 valence electrons. The van der Waals surface area contributed by atoms with E-state index in [1.807, 2.05) is 37.4 Å². The van der Waals surface area contributed by atoms with Crippen LogP contribution in [0.5, 0.6) is 0 Å². The molecule has 0 fully saturated rings. The fourth-order valence-electron chi connectivity index (χ4n) is 1.83. The zero-order valence-corrected chi connectivity index (χ0v) is 16.1. The lowest BCUT2D eigenvalue weighted by Gasteiger charge is -2.24. The predicted octanol–water partition coefficient (Wildman–Crippen LogP) is 4.07. The van der Waals surface area contributed by atoms with Crippen molar-refractivity contribution in [3.05, 3.63) is 32.2 Å². The number of fused-ring (bicyclic) bond motifs is 1. The van der Waals surface area contributed by atoms with Crippen LogP contribution in [0.25, 0.3) is 5.65 Å². The molecule has 0 aliphatic carbocycles. The highest BCUT2D eigenvalue weighted by Crippen LogP contribution is 2.21. The highest BCUT2D eigenvalue weighted by atomic mass is 127. The molecular weight excluding hydrogens is 449 g/mol. The second-order valence-electron chi connectivity index (χ2n) is 5.79. The third-order valence-electron chi connectivity index (χ3n) is 2.71. The number of amides is 1. The summed E-state index contributed by atoms with van der Waals surface area (Å²) >= 11 is 5.72. The fraction of sp³-hybridized carbons (Fsp3) is 0.429. The van der Waals surface area contributed by atoms with E-state index in [1.54, 1.807) is 18.1 Å². The van der Waals surface area contributed by atoms with Gasteiger partial charge in [0.15, 0.2) is 5.65 Å². The summed E-state index contributed by atoms with van der Waals surface area (Å²) in [6.45, 7) is 5.99. The summed E-state index contributed by atoms with van der Waals surface area (Å²) in [5, 5.41) is 0. The first-order valence-corrected chi connectivity index (χ1v) is 8.29. The number of hydrogen-bond acceptors (Lipinski definition) is 3. The van der Waals surface area contributed by atoms with Crippen LogP contribution in [0.2, 0.25) is 0 Å². The maximum absolute atomic E-state index is 12.0. The summed E-state index contributed by atoms with van der Waals surface area (Å²) in [4.78, 5) is 18.0. The highest BCUT2D eigenvalue weighted by molar-refractivity contribution is 14.1. The van der Waals surface area contributed by atoms with Gasteiger partial charge in [0, 0.05) is 17.7 Å². The topological polar surface area (TPSA) is 46.8 Å². The molecular formula is C14H17BrIN3O2. The number of nitrogens with zero attached hydrogens (tertiary/aromatic N) is 3. The van der Waals surface area contributed by atoms with Crippen molar-refractivity contribution in [3.63, 3.8) is 0 Å². The highest BCUT2D eigenvalue weighted by Gasteiger charge is 2.20. The summed E-state index contributed by atoms with van der Waals surface area (Å²) in [5.41, 5.74) is 1.31. The van der Waals surface area contributed by atoms with Crippen LogP contribution in [-0.2, 0) is 11.3 Å². The van der Waals surface area contributed by atoms with Crippen molar-refractivity contribution in [2.75, 3.05) is 7.05 Å². The number of aromatic nitrogens is 2. The van der Waals surface area contributed by atoms with Crippen molar-refractivity contribution in [2.45, 2.75) is 32.9 Å². The first-order chi connectivity index (χ1) is 9.67. The molecule has 2 rings (SSSR count). The summed E-state index contributed by atoms with van der Waals surface area (Å²) in [6, 6.07) is 2.00. The smallest absolute Gasteiger partial charge is 0.410 e. The fourth-order valence-corrected chi connectivity index (χ4v) is 3.42. The maximum atomic E-state index is 12.0. The minimum atomic E-state index is -0.497. The number of ether oxygens (including phenoxy) is 1. The van der Waals surface area contributed by atoms with Crippen LogP contribution < -0.4 is 0 Å². The zero-order valence-electron chi connectivity index (χ0n) is 12.4. The third kappa shape index (κ3) is 4.09. The van der Waals surface area contributed by atoms with E-state index in [0.717, 1.165) is 19.4 Å². The Bertz CT molecular complexity index is 679. The van der Waals surface area contributed by atoms with E-state index in [9.17, 15) is 4.79 Å². The van der Waals surface area contributed by atoms with E-state index < -0.39 is 5.60 Å². The molecule has 0 bridgehead atoms. The van der Waals surface area contributed by atoms with Gasteiger partial charge in [-0.15, -0.1) is 0 Å². The molecule has 2 aromatic heterocycles. The average Bonchev–Trinajstić information content (AvgIpc) is 2.70. The lowest BCUT2D eigenvalue weighted by atomic mass is 10.2. The van der Waals surface area contributed by atoms with Crippen molar-refractivity contribution < 1.29 is 9.53 Å². The minimum absolute atomic E-state index is 0.345. The molecule has 0 atom stereocenters. The van der Waals surface area contributed by atoms with Crippen molar-refractivity contribution >= 4 is 50.3 Å². The molecule has 0 saturated carbocycles. The van der Waals surface area contributed by atoms with Gasteiger partial charge in [0.2, 0.25) is 0 Å². The average molecular weight is 466 g/mol. The molecule has 7 heteroatoms. The van der Waals surface area contributed by atoms with Gasteiger partial charge in [0.25, 0.3) is 0 Å². The summed E-state index contributed by atoms with van der Waals surface area (Å²) in [6.07, 6.45) is 3.38. The maximum Gasteiger partial charge on any atom is 0.410 e. The van der Waals surface area contributed by atoms with Crippen molar-refractivity contribution in [2.24, 2.45) is 0 Å². The second kappa shape index (κ2) is 6.12. The predicted molar refractivity (Wildman–Crippen MR) is 93.3 cm³/mol. The zero-order chi connectivity index (χ0) is 15.8. The Hall–Kier alpha value is -0.830. The van der Waals surface area contributed by atoms with Gasteiger partial charge in [-0.2, -0.15) is 0 Å². The van der Waals surface area contributed by atoms with Gasteiger partial charge in [-0.3, -0.25) is 0 Å². The van der Waals surface area contributed by atoms with Gasteiger partial charge in [0.05, 0.1) is 22.0 Å².